The predicted molar refractivity (Wildman–Crippen MR) is 135 cm³/mol. The van der Waals surface area contributed by atoms with Gasteiger partial charge in [-0.3, -0.25) is 0 Å². The number of benzene rings is 3. The fraction of sp³-hybridized carbons (Fsp3) is 0.185. The Bertz CT molecular complexity index is 1360. The molecule has 3 aromatic carbocycles. The highest BCUT2D eigenvalue weighted by molar-refractivity contribution is 7.89. The molecule has 5 rings (SSSR count). The van der Waals surface area contributed by atoms with Gasteiger partial charge < -0.3 is 4.90 Å². The van der Waals surface area contributed by atoms with Gasteiger partial charge in [-0.05, 0) is 47.9 Å². The fourth-order valence-corrected chi connectivity index (χ4v) is 5.68. The Hall–Kier alpha value is -3.55. The van der Waals surface area contributed by atoms with Gasteiger partial charge in [0, 0.05) is 31.7 Å². The molecule has 1 saturated heterocycles. The van der Waals surface area contributed by atoms with Crippen LogP contribution in [0.25, 0.3) is 22.4 Å². The predicted octanol–water partition coefficient (Wildman–Crippen LogP) is 4.63. The Morgan fingerprint density at radius 3 is 1.97 bits per heavy atom. The van der Waals surface area contributed by atoms with Crippen LogP contribution in [0.2, 0.25) is 0 Å². The van der Waals surface area contributed by atoms with Crippen LogP contribution in [0.4, 0.5) is 5.82 Å². The summed E-state index contributed by atoms with van der Waals surface area (Å²) in [6.07, 6.45) is 0. The molecule has 34 heavy (non-hydrogen) atoms. The molecule has 4 aromatic rings. The molecule has 7 heteroatoms. The first-order valence-electron chi connectivity index (χ1n) is 11.3. The van der Waals surface area contributed by atoms with Crippen molar-refractivity contribution >= 4 is 15.8 Å². The van der Waals surface area contributed by atoms with Crippen molar-refractivity contribution in [2.45, 2.75) is 11.8 Å². The Morgan fingerprint density at radius 2 is 1.32 bits per heavy atom. The van der Waals surface area contributed by atoms with Gasteiger partial charge >= 0.3 is 0 Å². The number of anilines is 1. The van der Waals surface area contributed by atoms with Crippen LogP contribution in [0, 0.1) is 6.92 Å². The van der Waals surface area contributed by atoms with E-state index >= 15 is 0 Å². The van der Waals surface area contributed by atoms with E-state index in [-0.39, 0.29) is 0 Å². The van der Waals surface area contributed by atoms with Crippen molar-refractivity contribution in [2.75, 3.05) is 31.1 Å². The lowest BCUT2D eigenvalue weighted by atomic mass is 10.1. The molecule has 0 radical (unpaired) electrons. The maximum Gasteiger partial charge on any atom is 0.243 e. The van der Waals surface area contributed by atoms with Gasteiger partial charge in [0.15, 0.2) is 5.82 Å². The third-order valence-electron chi connectivity index (χ3n) is 6.23. The molecule has 1 aromatic heterocycles. The third kappa shape index (κ3) is 4.44. The van der Waals surface area contributed by atoms with E-state index in [1.54, 1.807) is 16.4 Å². The number of sulfonamides is 1. The summed E-state index contributed by atoms with van der Waals surface area (Å²) in [6.45, 7) is 4.01. The minimum atomic E-state index is -3.54. The largest absolute Gasteiger partial charge is 0.352 e. The summed E-state index contributed by atoms with van der Waals surface area (Å²) in [4.78, 5) is 2.40. The van der Waals surface area contributed by atoms with Crippen molar-refractivity contribution in [1.29, 1.82) is 0 Å². The molecule has 0 unspecified atom stereocenters. The molecule has 0 N–H and O–H groups in total. The Labute approximate surface area is 200 Å². The zero-order chi connectivity index (χ0) is 23.5. The van der Waals surface area contributed by atoms with Crippen molar-refractivity contribution in [2.24, 2.45) is 0 Å². The Kier molecular flexibility index (Phi) is 6.13. The van der Waals surface area contributed by atoms with Gasteiger partial charge in [0.1, 0.15) is 0 Å². The van der Waals surface area contributed by atoms with Gasteiger partial charge in [0.05, 0.1) is 10.6 Å². The lowest BCUT2D eigenvalue weighted by Gasteiger charge is -2.34. The standard InChI is InChI=1S/C27H26N4O2S/c1-21-7-5-6-10-25(21)26-15-16-27(29-28-26)30-17-19-31(20-18-30)34(32,33)24-13-11-23(12-14-24)22-8-3-2-4-9-22/h2-16H,17-20H2,1H3. The van der Waals surface area contributed by atoms with E-state index in [1.165, 1.54) is 0 Å². The first kappa shape index (κ1) is 22.3. The van der Waals surface area contributed by atoms with E-state index in [2.05, 4.69) is 28.1 Å². The third-order valence-corrected chi connectivity index (χ3v) is 8.15. The normalized spacial score (nSPS) is 14.8. The first-order valence-corrected chi connectivity index (χ1v) is 12.8. The van der Waals surface area contributed by atoms with Crippen LogP contribution in [0.15, 0.2) is 95.9 Å². The molecule has 0 spiro atoms. The molecule has 0 atom stereocenters. The highest BCUT2D eigenvalue weighted by atomic mass is 32.2. The molecule has 1 fully saturated rings. The molecule has 172 valence electrons. The molecule has 0 bridgehead atoms. The van der Waals surface area contributed by atoms with Gasteiger partial charge in [-0.1, -0.05) is 66.7 Å². The van der Waals surface area contributed by atoms with E-state index in [0.29, 0.717) is 31.1 Å². The highest BCUT2D eigenvalue weighted by Crippen LogP contribution is 2.25. The molecular weight excluding hydrogens is 444 g/mol. The zero-order valence-corrected chi connectivity index (χ0v) is 19.8. The average Bonchev–Trinajstić information content (AvgIpc) is 2.90. The molecule has 0 saturated carbocycles. The smallest absolute Gasteiger partial charge is 0.243 e. The van der Waals surface area contributed by atoms with Crippen LogP contribution in [-0.2, 0) is 10.0 Å². The monoisotopic (exact) mass is 470 g/mol. The number of hydrogen-bond acceptors (Lipinski definition) is 5. The average molecular weight is 471 g/mol. The number of hydrogen-bond donors (Lipinski definition) is 0. The maximum atomic E-state index is 13.2. The van der Waals surface area contributed by atoms with Gasteiger partial charge in [-0.25, -0.2) is 8.42 Å². The second-order valence-corrected chi connectivity index (χ2v) is 10.3. The van der Waals surface area contributed by atoms with Crippen LogP contribution in [0.1, 0.15) is 5.56 Å². The summed E-state index contributed by atoms with van der Waals surface area (Å²) < 4.78 is 27.9. The number of rotatable bonds is 5. The van der Waals surface area contributed by atoms with E-state index < -0.39 is 10.0 Å². The fourth-order valence-electron chi connectivity index (χ4n) is 4.25. The summed E-state index contributed by atoms with van der Waals surface area (Å²) in [5.74, 6) is 0.765. The first-order chi connectivity index (χ1) is 16.5. The lowest BCUT2D eigenvalue weighted by Crippen LogP contribution is -2.49. The van der Waals surface area contributed by atoms with Crippen molar-refractivity contribution in [3.63, 3.8) is 0 Å². The zero-order valence-electron chi connectivity index (χ0n) is 19.0. The molecule has 2 heterocycles. The van der Waals surface area contributed by atoms with Crippen molar-refractivity contribution in [1.82, 2.24) is 14.5 Å². The number of aryl methyl sites for hydroxylation is 1. The van der Waals surface area contributed by atoms with Crippen LogP contribution >= 0.6 is 0 Å². The molecule has 1 aliphatic heterocycles. The lowest BCUT2D eigenvalue weighted by molar-refractivity contribution is 0.383. The van der Waals surface area contributed by atoms with E-state index in [1.807, 2.05) is 72.8 Å². The second kappa shape index (κ2) is 9.37. The number of nitrogens with zero attached hydrogens (tertiary/aromatic N) is 4. The minimum Gasteiger partial charge on any atom is -0.352 e. The van der Waals surface area contributed by atoms with Gasteiger partial charge in [0.25, 0.3) is 0 Å². The molecule has 0 aliphatic carbocycles. The number of piperazine rings is 1. The molecular formula is C27H26N4O2S. The highest BCUT2D eigenvalue weighted by Gasteiger charge is 2.29. The summed E-state index contributed by atoms with van der Waals surface area (Å²) in [5.41, 5.74) is 5.12. The van der Waals surface area contributed by atoms with Crippen LogP contribution < -0.4 is 4.90 Å². The topological polar surface area (TPSA) is 66.4 Å². The summed E-state index contributed by atoms with van der Waals surface area (Å²) in [6, 6.07) is 29.1. The van der Waals surface area contributed by atoms with E-state index in [0.717, 1.165) is 33.8 Å². The Balaban J connectivity index is 1.25. The second-order valence-electron chi connectivity index (χ2n) is 8.37. The summed E-state index contributed by atoms with van der Waals surface area (Å²) in [5, 5.41) is 8.82. The van der Waals surface area contributed by atoms with Crippen molar-refractivity contribution < 1.29 is 8.42 Å². The molecule has 6 nitrogen and oxygen atoms in total. The summed E-state index contributed by atoms with van der Waals surface area (Å²) in [7, 11) is -3.54. The SMILES string of the molecule is Cc1ccccc1-c1ccc(N2CCN(S(=O)(=O)c3ccc(-c4ccccc4)cc3)CC2)nn1. The Morgan fingerprint density at radius 1 is 0.676 bits per heavy atom. The molecule has 1 aliphatic rings. The van der Waals surface area contributed by atoms with E-state index in [9.17, 15) is 8.42 Å². The number of aromatic nitrogens is 2. The van der Waals surface area contributed by atoms with Gasteiger partial charge in [-0.15, -0.1) is 10.2 Å². The van der Waals surface area contributed by atoms with Crippen molar-refractivity contribution in [3.8, 4) is 22.4 Å². The minimum absolute atomic E-state index is 0.322. The van der Waals surface area contributed by atoms with Gasteiger partial charge in [-0.2, -0.15) is 4.31 Å². The summed E-state index contributed by atoms with van der Waals surface area (Å²) >= 11 is 0. The van der Waals surface area contributed by atoms with Crippen LogP contribution in [-0.4, -0.2) is 49.1 Å². The quantitative estimate of drug-likeness (QED) is 0.425. The maximum absolute atomic E-state index is 13.2. The van der Waals surface area contributed by atoms with Crippen LogP contribution in [0.5, 0.6) is 0 Å². The molecule has 0 amide bonds. The van der Waals surface area contributed by atoms with E-state index in [4.69, 9.17) is 0 Å². The van der Waals surface area contributed by atoms with Gasteiger partial charge in [0.2, 0.25) is 10.0 Å². The van der Waals surface area contributed by atoms with Crippen molar-refractivity contribution in [3.05, 3.63) is 96.6 Å². The van der Waals surface area contributed by atoms with Crippen LogP contribution in [0.3, 0.4) is 0 Å².